The summed E-state index contributed by atoms with van der Waals surface area (Å²) >= 11 is 3.52. The van der Waals surface area contributed by atoms with Crippen LogP contribution in [0.3, 0.4) is 0 Å². The predicted molar refractivity (Wildman–Crippen MR) is 92.9 cm³/mol. The molecule has 1 aliphatic carbocycles. The van der Waals surface area contributed by atoms with Crippen LogP contribution in [0.25, 0.3) is 0 Å². The Labute approximate surface area is 141 Å². The number of nitrogens with zero attached hydrogens (tertiary/aromatic N) is 1. The molecule has 0 radical (unpaired) electrons. The van der Waals surface area contributed by atoms with E-state index in [0.717, 1.165) is 40.8 Å². The molecule has 2 fully saturated rings. The minimum Gasteiger partial charge on any atom is -0.481 e. The van der Waals surface area contributed by atoms with Crippen LogP contribution < -0.4 is 10.1 Å². The molecule has 0 amide bonds. The van der Waals surface area contributed by atoms with E-state index in [1.807, 2.05) is 12.1 Å². The van der Waals surface area contributed by atoms with Gasteiger partial charge in [0.1, 0.15) is 12.4 Å². The molecule has 1 aromatic rings. The second-order valence-corrected chi connectivity index (χ2v) is 7.17. The molecular formula is C18H23BrN2O. The Bertz CT molecular complexity index is 551. The highest BCUT2D eigenvalue weighted by Gasteiger charge is 2.33. The number of halogens is 1. The molecule has 3 nitrogen and oxygen atoms in total. The molecule has 1 N–H and O–H groups in total. The Morgan fingerprint density at radius 2 is 2.23 bits per heavy atom. The van der Waals surface area contributed by atoms with Crippen molar-refractivity contribution < 1.29 is 4.74 Å². The SMILES string of the molecule is C#CCOc1ccc(Br)cc1CNCC1CCN(C2CC2)C1. The van der Waals surface area contributed by atoms with Gasteiger partial charge < -0.3 is 15.0 Å². The Kier molecular flexibility index (Phi) is 5.41. The normalized spacial score (nSPS) is 21.7. The highest BCUT2D eigenvalue weighted by molar-refractivity contribution is 9.10. The van der Waals surface area contributed by atoms with Gasteiger partial charge in [-0.15, -0.1) is 6.42 Å². The predicted octanol–water partition coefficient (Wildman–Crippen LogP) is 3.04. The molecule has 1 heterocycles. The van der Waals surface area contributed by atoms with Crippen LogP contribution in [0.4, 0.5) is 0 Å². The summed E-state index contributed by atoms with van der Waals surface area (Å²) in [6.45, 7) is 4.75. The summed E-state index contributed by atoms with van der Waals surface area (Å²) in [7, 11) is 0. The topological polar surface area (TPSA) is 24.5 Å². The van der Waals surface area contributed by atoms with E-state index < -0.39 is 0 Å². The second-order valence-electron chi connectivity index (χ2n) is 6.26. The number of hydrogen-bond donors (Lipinski definition) is 1. The largest absolute Gasteiger partial charge is 0.481 e. The lowest BCUT2D eigenvalue weighted by atomic mass is 10.1. The van der Waals surface area contributed by atoms with Crippen molar-refractivity contribution >= 4 is 15.9 Å². The van der Waals surface area contributed by atoms with E-state index in [9.17, 15) is 0 Å². The Hall–Kier alpha value is -1.02. The zero-order valence-corrected chi connectivity index (χ0v) is 14.4. The zero-order chi connectivity index (χ0) is 15.4. The lowest BCUT2D eigenvalue weighted by Crippen LogP contribution is -2.27. The molecule has 118 valence electrons. The summed E-state index contributed by atoms with van der Waals surface area (Å²) in [4.78, 5) is 2.66. The standard InChI is InChI=1S/C18H23BrN2O/c1-2-9-22-18-6-3-16(19)10-15(18)12-20-11-14-7-8-21(13-14)17-4-5-17/h1,3,6,10,14,17,20H,4-5,7-9,11-13H2. The fourth-order valence-corrected chi connectivity index (χ4v) is 3.57. The summed E-state index contributed by atoms with van der Waals surface area (Å²) in [6.07, 6.45) is 9.42. The van der Waals surface area contributed by atoms with E-state index in [1.54, 1.807) is 0 Å². The second kappa shape index (κ2) is 7.50. The van der Waals surface area contributed by atoms with E-state index in [0.29, 0.717) is 6.61 Å². The van der Waals surface area contributed by atoms with Gasteiger partial charge in [0.25, 0.3) is 0 Å². The number of rotatable bonds is 7. The van der Waals surface area contributed by atoms with Crippen LogP contribution in [-0.2, 0) is 6.54 Å². The number of benzene rings is 1. The van der Waals surface area contributed by atoms with Gasteiger partial charge >= 0.3 is 0 Å². The number of nitrogens with one attached hydrogen (secondary N) is 1. The van der Waals surface area contributed by atoms with Gasteiger partial charge in [0.05, 0.1) is 0 Å². The van der Waals surface area contributed by atoms with E-state index in [-0.39, 0.29) is 0 Å². The Balaban J connectivity index is 1.48. The molecule has 1 aromatic carbocycles. The first-order valence-corrected chi connectivity index (χ1v) is 8.85. The van der Waals surface area contributed by atoms with Crippen LogP contribution in [0.15, 0.2) is 22.7 Å². The maximum Gasteiger partial charge on any atom is 0.148 e. The summed E-state index contributed by atoms with van der Waals surface area (Å²) < 4.78 is 6.68. The third-order valence-electron chi connectivity index (χ3n) is 4.46. The molecule has 0 bridgehead atoms. The molecule has 1 unspecified atom stereocenters. The molecular weight excluding hydrogens is 340 g/mol. The van der Waals surface area contributed by atoms with Crippen LogP contribution in [0, 0.1) is 18.3 Å². The van der Waals surface area contributed by atoms with Crippen molar-refractivity contribution in [3.63, 3.8) is 0 Å². The minimum atomic E-state index is 0.313. The first kappa shape index (κ1) is 15.9. The minimum absolute atomic E-state index is 0.313. The number of ether oxygens (including phenoxy) is 1. The quantitative estimate of drug-likeness (QED) is 0.754. The lowest BCUT2D eigenvalue weighted by Gasteiger charge is -2.16. The van der Waals surface area contributed by atoms with Gasteiger partial charge in [0.2, 0.25) is 0 Å². The first-order valence-electron chi connectivity index (χ1n) is 8.05. The van der Waals surface area contributed by atoms with Gasteiger partial charge in [-0.3, -0.25) is 0 Å². The van der Waals surface area contributed by atoms with Gasteiger partial charge in [-0.05, 0) is 56.5 Å². The third-order valence-corrected chi connectivity index (χ3v) is 4.96. The van der Waals surface area contributed by atoms with Gasteiger partial charge in [-0.2, -0.15) is 0 Å². The molecule has 1 atom stereocenters. The molecule has 4 heteroatoms. The van der Waals surface area contributed by atoms with Crippen LogP contribution >= 0.6 is 15.9 Å². The van der Waals surface area contributed by atoms with Gasteiger partial charge in [0, 0.05) is 29.2 Å². The first-order chi connectivity index (χ1) is 10.8. The van der Waals surface area contributed by atoms with Crippen LogP contribution in [0.2, 0.25) is 0 Å². The average molecular weight is 363 g/mol. The molecule has 22 heavy (non-hydrogen) atoms. The number of likely N-dealkylation sites (tertiary alicyclic amines) is 1. The maximum atomic E-state index is 5.62. The summed E-state index contributed by atoms with van der Waals surface area (Å²) in [6, 6.07) is 6.96. The van der Waals surface area contributed by atoms with Crippen LogP contribution in [0.1, 0.15) is 24.8 Å². The zero-order valence-electron chi connectivity index (χ0n) is 12.9. The van der Waals surface area contributed by atoms with Gasteiger partial charge in [-0.1, -0.05) is 21.9 Å². The van der Waals surface area contributed by atoms with Crippen molar-refractivity contribution in [2.45, 2.75) is 31.8 Å². The average Bonchev–Trinajstić information content (AvgIpc) is 3.26. The fraction of sp³-hybridized carbons (Fsp3) is 0.556. The molecule has 0 aromatic heterocycles. The van der Waals surface area contributed by atoms with Crippen molar-refractivity contribution in [1.29, 1.82) is 0 Å². The Morgan fingerprint density at radius 1 is 1.36 bits per heavy atom. The lowest BCUT2D eigenvalue weighted by molar-refractivity contribution is 0.311. The van der Waals surface area contributed by atoms with Crippen molar-refractivity contribution in [2.75, 3.05) is 26.2 Å². The smallest absolute Gasteiger partial charge is 0.148 e. The maximum absolute atomic E-state index is 5.62. The molecule has 1 saturated carbocycles. The van der Waals surface area contributed by atoms with Crippen LogP contribution in [-0.4, -0.2) is 37.2 Å². The number of terminal acetylenes is 1. The molecule has 0 spiro atoms. The van der Waals surface area contributed by atoms with E-state index >= 15 is 0 Å². The van der Waals surface area contributed by atoms with Crippen LogP contribution in [0.5, 0.6) is 5.75 Å². The molecule has 3 rings (SSSR count). The van der Waals surface area contributed by atoms with Crippen molar-refractivity contribution in [3.8, 4) is 18.1 Å². The number of hydrogen-bond acceptors (Lipinski definition) is 3. The summed E-state index contributed by atoms with van der Waals surface area (Å²) in [5.74, 6) is 4.18. The highest BCUT2D eigenvalue weighted by atomic mass is 79.9. The van der Waals surface area contributed by atoms with E-state index in [4.69, 9.17) is 11.2 Å². The van der Waals surface area contributed by atoms with Crippen molar-refractivity contribution in [2.24, 2.45) is 5.92 Å². The monoisotopic (exact) mass is 362 g/mol. The molecule has 2 aliphatic rings. The van der Waals surface area contributed by atoms with Gasteiger partial charge in [-0.25, -0.2) is 0 Å². The fourth-order valence-electron chi connectivity index (χ4n) is 3.16. The molecule has 1 aliphatic heterocycles. The Morgan fingerprint density at radius 3 is 3.00 bits per heavy atom. The van der Waals surface area contributed by atoms with E-state index in [2.05, 4.69) is 38.1 Å². The summed E-state index contributed by atoms with van der Waals surface area (Å²) in [5, 5.41) is 3.59. The van der Waals surface area contributed by atoms with E-state index in [1.165, 1.54) is 32.4 Å². The highest BCUT2D eigenvalue weighted by Crippen LogP contribution is 2.31. The van der Waals surface area contributed by atoms with Gasteiger partial charge in [0.15, 0.2) is 0 Å². The third kappa shape index (κ3) is 4.25. The molecule has 1 saturated heterocycles. The van der Waals surface area contributed by atoms with Crippen molar-refractivity contribution in [1.82, 2.24) is 10.2 Å². The summed E-state index contributed by atoms with van der Waals surface area (Å²) in [5.41, 5.74) is 1.15. The van der Waals surface area contributed by atoms with Crippen molar-refractivity contribution in [3.05, 3.63) is 28.2 Å².